The number of cyclic esters (lactones) is 1. The average molecular weight is 353 g/mol. The molecule has 3 fully saturated rings. The standard InChI is InChI=1S/C18H27NO6/c1-4-11-7-10(2)18(3,23)17(22)24-9-12-13(20)8-19-6-5-14(15(12)19)25-16(11)21/h4,10,12-15,20,23H,5-9H2,1-3H3/b11-4-/t10-,12+,13-,14-,15-,18-/m1/s1. The summed E-state index contributed by atoms with van der Waals surface area (Å²) in [7, 11) is 0. The molecule has 3 saturated heterocycles. The second-order valence-electron chi connectivity index (χ2n) is 7.61. The fourth-order valence-electron chi connectivity index (χ4n) is 4.13. The highest BCUT2D eigenvalue weighted by atomic mass is 16.6. The maximum atomic E-state index is 12.6. The molecule has 0 aliphatic carbocycles. The molecule has 2 N–H and O–H groups in total. The average Bonchev–Trinajstić information content (AvgIpc) is 3.08. The normalized spacial score (nSPS) is 44.7. The maximum absolute atomic E-state index is 12.6. The zero-order valence-electron chi connectivity index (χ0n) is 15.0. The molecule has 3 heterocycles. The monoisotopic (exact) mass is 353 g/mol. The van der Waals surface area contributed by atoms with Crippen LogP contribution in [0.3, 0.4) is 0 Å². The number of aliphatic hydroxyl groups excluding tert-OH is 1. The molecule has 7 heteroatoms. The van der Waals surface area contributed by atoms with E-state index in [4.69, 9.17) is 9.47 Å². The number of carbonyl (C=O) groups is 2. The highest BCUT2D eigenvalue weighted by Gasteiger charge is 2.51. The number of esters is 2. The first-order valence-corrected chi connectivity index (χ1v) is 8.93. The number of aliphatic hydroxyl groups is 2. The van der Waals surface area contributed by atoms with Crippen LogP contribution in [0.2, 0.25) is 0 Å². The highest BCUT2D eigenvalue weighted by Crippen LogP contribution is 2.37. The van der Waals surface area contributed by atoms with Crippen molar-refractivity contribution in [1.29, 1.82) is 0 Å². The first-order valence-electron chi connectivity index (χ1n) is 8.93. The van der Waals surface area contributed by atoms with Gasteiger partial charge < -0.3 is 19.7 Å². The summed E-state index contributed by atoms with van der Waals surface area (Å²) in [4.78, 5) is 27.1. The lowest BCUT2D eigenvalue weighted by Crippen LogP contribution is -2.47. The van der Waals surface area contributed by atoms with Crippen LogP contribution in [0.1, 0.15) is 33.6 Å². The van der Waals surface area contributed by atoms with Crippen LogP contribution in [0.4, 0.5) is 0 Å². The van der Waals surface area contributed by atoms with Gasteiger partial charge in [-0.3, -0.25) is 4.90 Å². The Morgan fingerprint density at radius 3 is 2.76 bits per heavy atom. The molecule has 0 aromatic rings. The lowest BCUT2D eigenvalue weighted by atomic mass is 9.85. The van der Waals surface area contributed by atoms with Gasteiger partial charge in [0.25, 0.3) is 0 Å². The second-order valence-corrected chi connectivity index (χ2v) is 7.61. The predicted octanol–water partition coefficient (Wildman–Crippen LogP) is 0.243. The highest BCUT2D eigenvalue weighted by molar-refractivity contribution is 5.89. The van der Waals surface area contributed by atoms with E-state index in [-0.39, 0.29) is 31.1 Å². The Morgan fingerprint density at radius 1 is 1.36 bits per heavy atom. The van der Waals surface area contributed by atoms with Gasteiger partial charge in [0.1, 0.15) is 6.10 Å². The minimum Gasteiger partial charge on any atom is -0.463 e. The largest absolute Gasteiger partial charge is 0.463 e. The Morgan fingerprint density at radius 2 is 2.08 bits per heavy atom. The van der Waals surface area contributed by atoms with Crippen LogP contribution in [-0.2, 0) is 19.1 Å². The van der Waals surface area contributed by atoms with Gasteiger partial charge in [0.05, 0.1) is 18.8 Å². The molecule has 0 amide bonds. The maximum Gasteiger partial charge on any atom is 0.338 e. The lowest BCUT2D eigenvalue weighted by Gasteiger charge is -2.32. The van der Waals surface area contributed by atoms with E-state index in [1.807, 2.05) is 0 Å². The summed E-state index contributed by atoms with van der Waals surface area (Å²) in [6, 6.07) is -0.161. The van der Waals surface area contributed by atoms with E-state index < -0.39 is 29.6 Å². The van der Waals surface area contributed by atoms with E-state index in [0.717, 1.165) is 6.54 Å². The van der Waals surface area contributed by atoms with Crippen LogP contribution in [0.15, 0.2) is 11.6 Å². The van der Waals surface area contributed by atoms with Gasteiger partial charge in [-0.1, -0.05) is 13.0 Å². The van der Waals surface area contributed by atoms with Gasteiger partial charge in [-0.2, -0.15) is 0 Å². The fourth-order valence-corrected chi connectivity index (χ4v) is 4.13. The quantitative estimate of drug-likeness (QED) is 0.476. The summed E-state index contributed by atoms with van der Waals surface area (Å²) in [5.74, 6) is -1.97. The van der Waals surface area contributed by atoms with E-state index in [1.54, 1.807) is 19.9 Å². The molecule has 25 heavy (non-hydrogen) atoms. The Labute approximate surface area is 147 Å². The number of allylic oxidation sites excluding steroid dienone is 1. The van der Waals surface area contributed by atoms with Crippen molar-refractivity contribution in [3.63, 3.8) is 0 Å². The molecule has 0 bridgehead atoms. The van der Waals surface area contributed by atoms with Crippen LogP contribution >= 0.6 is 0 Å². The molecule has 0 radical (unpaired) electrons. The number of hydrogen-bond donors (Lipinski definition) is 2. The predicted molar refractivity (Wildman–Crippen MR) is 88.5 cm³/mol. The molecule has 3 rings (SSSR count). The van der Waals surface area contributed by atoms with Gasteiger partial charge in [-0.15, -0.1) is 0 Å². The SMILES string of the molecule is C/C=C1/C[C@@H](C)[C@@](C)(O)C(=O)OC[C@@H]2[C@@H]3[C@@H](CCN3C[C@H]2O)OC1=O. The molecule has 0 spiro atoms. The van der Waals surface area contributed by atoms with Gasteiger partial charge >= 0.3 is 11.9 Å². The van der Waals surface area contributed by atoms with Crippen molar-refractivity contribution in [3.05, 3.63) is 11.6 Å². The van der Waals surface area contributed by atoms with E-state index in [9.17, 15) is 19.8 Å². The summed E-state index contributed by atoms with van der Waals surface area (Å²) < 4.78 is 11.1. The zero-order valence-corrected chi connectivity index (χ0v) is 15.0. The minimum absolute atomic E-state index is 0.00849. The van der Waals surface area contributed by atoms with Gasteiger partial charge in [0.15, 0.2) is 5.60 Å². The Bertz CT molecular complexity index is 586. The lowest BCUT2D eigenvalue weighted by molar-refractivity contribution is -0.173. The van der Waals surface area contributed by atoms with Crippen molar-refractivity contribution < 1.29 is 29.3 Å². The molecular formula is C18H27NO6. The zero-order chi connectivity index (χ0) is 18.4. The van der Waals surface area contributed by atoms with Crippen molar-refractivity contribution in [3.8, 4) is 0 Å². The van der Waals surface area contributed by atoms with Gasteiger partial charge in [0.2, 0.25) is 0 Å². The van der Waals surface area contributed by atoms with Crippen LogP contribution in [-0.4, -0.2) is 70.6 Å². The van der Waals surface area contributed by atoms with Crippen LogP contribution in [0.25, 0.3) is 0 Å². The molecule has 140 valence electrons. The molecule has 0 unspecified atom stereocenters. The fraction of sp³-hybridized carbons (Fsp3) is 0.778. The van der Waals surface area contributed by atoms with Crippen LogP contribution < -0.4 is 0 Å². The second kappa shape index (κ2) is 6.70. The molecule has 0 aromatic heterocycles. The molecule has 0 aromatic carbocycles. The summed E-state index contributed by atoms with van der Waals surface area (Å²) in [5.41, 5.74) is -1.28. The van der Waals surface area contributed by atoms with Crippen molar-refractivity contribution in [1.82, 2.24) is 4.90 Å². The smallest absolute Gasteiger partial charge is 0.338 e. The van der Waals surface area contributed by atoms with E-state index in [2.05, 4.69) is 4.90 Å². The molecule has 7 nitrogen and oxygen atoms in total. The van der Waals surface area contributed by atoms with E-state index >= 15 is 0 Å². The first-order chi connectivity index (χ1) is 11.8. The summed E-state index contributed by atoms with van der Waals surface area (Å²) in [5, 5.41) is 20.9. The molecule has 0 saturated carbocycles. The van der Waals surface area contributed by atoms with Gasteiger partial charge in [-0.05, 0) is 32.6 Å². The third kappa shape index (κ3) is 3.20. The van der Waals surface area contributed by atoms with Gasteiger partial charge in [-0.25, -0.2) is 9.59 Å². The minimum atomic E-state index is -1.72. The first kappa shape index (κ1) is 18.4. The molecular weight excluding hydrogens is 326 g/mol. The van der Waals surface area contributed by atoms with Crippen LogP contribution in [0, 0.1) is 11.8 Å². The van der Waals surface area contributed by atoms with Crippen molar-refractivity contribution in [2.75, 3.05) is 19.7 Å². The van der Waals surface area contributed by atoms with Gasteiger partial charge in [0, 0.05) is 24.6 Å². The van der Waals surface area contributed by atoms with Crippen molar-refractivity contribution >= 4 is 11.9 Å². The third-order valence-corrected chi connectivity index (χ3v) is 6.03. The summed E-state index contributed by atoms with van der Waals surface area (Å²) in [6.07, 6.45) is 1.63. The Hall–Kier alpha value is -1.44. The van der Waals surface area contributed by atoms with Crippen LogP contribution in [0.5, 0.6) is 0 Å². The topological polar surface area (TPSA) is 96.3 Å². The third-order valence-electron chi connectivity index (χ3n) is 6.03. The molecule has 3 aliphatic rings. The van der Waals surface area contributed by atoms with E-state index in [0.29, 0.717) is 18.5 Å². The number of hydrogen-bond acceptors (Lipinski definition) is 7. The summed E-state index contributed by atoms with van der Waals surface area (Å²) >= 11 is 0. The van der Waals surface area contributed by atoms with Crippen molar-refractivity contribution in [2.24, 2.45) is 11.8 Å². The Kier molecular flexibility index (Phi) is 4.92. The van der Waals surface area contributed by atoms with Crippen molar-refractivity contribution in [2.45, 2.75) is 57.5 Å². The summed E-state index contributed by atoms with van der Waals surface area (Å²) in [6.45, 7) is 6.07. The molecule has 6 atom stereocenters. The number of carbonyl (C=O) groups excluding carboxylic acids is 2. The molecule has 3 aliphatic heterocycles. The number of ether oxygens (including phenoxy) is 2. The van der Waals surface area contributed by atoms with E-state index in [1.165, 1.54) is 6.92 Å². The number of nitrogens with zero attached hydrogens (tertiary/aromatic N) is 1. The number of rotatable bonds is 0. The Balaban J connectivity index is 1.91.